The zero-order valence-corrected chi connectivity index (χ0v) is 26.0. The Morgan fingerprint density at radius 2 is 1.85 bits per heavy atom. The van der Waals surface area contributed by atoms with Gasteiger partial charge in [0.15, 0.2) is 4.88 Å². The normalized spacial score (nSPS) is 14.4. The van der Waals surface area contributed by atoms with Gasteiger partial charge in [0, 0.05) is 52.2 Å². The molecule has 0 spiro atoms. The van der Waals surface area contributed by atoms with Crippen molar-refractivity contribution in [2.24, 2.45) is 0 Å². The van der Waals surface area contributed by atoms with E-state index in [-0.39, 0.29) is 28.4 Å². The van der Waals surface area contributed by atoms with Crippen LogP contribution in [0, 0.1) is 10.1 Å². The highest BCUT2D eigenvalue weighted by atomic mass is 32.1. The zero-order valence-electron chi connectivity index (χ0n) is 24.2. The summed E-state index contributed by atoms with van der Waals surface area (Å²) in [5.74, 6) is 0.301. The predicted octanol–water partition coefficient (Wildman–Crippen LogP) is 6.68. The number of nitro benzene ring substituents is 1. The maximum absolute atomic E-state index is 12.4. The Bertz CT molecular complexity index is 1210. The molecule has 220 valence electrons. The van der Waals surface area contributed by atoms with Crippen molar-refractivity contribution in [1.29, 1.82) is 0 Å². The first-order valence-corrected chi connectivity index (χ1v) is 17.7. The molecule has 1 N–H and O–H groups in total. The summed E-state index contributed by atoms with van der Waals surface area (Å²) in [5.41, 5.74) is -0.477. The molecule has 1 aliphatic rings. The second-order valence-electron chi connectivity index (χ2n) is 11.8. The molecule has 1 saturated heterocycles. The van der Waals surface area contributed by atoms with E-state index in [2.05, 4.69) is 25.0 Å². The van der Waals surface area contributed by atoms with E-state index in [0.717, 1.165) is 17.4 Å². The SMILES string of the molecule is COC(=O)c1sc(Nc2cc(OC3CCN(C(=O)OC(C)(C)C)CC3)ccc2[N+](=O)[O-])cc1OCC[Si](C)(C)C. The smallest absolute Gasteiger partial charge is 0.410 e. The predicted molar refractivity (Wildman–Crippen MR) is 157 cm³/mol. The molecule has 2 aromatic rings. The number of hydrogen-bond donors (Lipinski definition) is 1. The number of thiophene rings is 1. The molecule has 2 heterocycles. The van der Waals surface area contributed by atoms with Crippen molar-refractivity contribution in [1.82, 2.24) is 4.90 Å². The van der Waals surface area contributed by atoms with Crippen molar-refractivity contribution in [2.45, 2.75) is 71.0 Å². The highest BCUT2D eigenvalue weighted by Gasteiger charge is 2.28. The molecular weight excluding hydrogens is 554 g/mol. The van der Waals surface area contributed by atoms with Gasteiger partial charge in [-0.05, 0) is 32.9 Å². The lowest BCUT2D eigenvalue weighted by molar-refractivity contribution is -0.383. The lowest BCUT2D eigenvalue weighted by Gasteiger charge is -2.33. The lowest BCUT2D eigenvalue weighted by Crippen LogP contribution is -2.44. The quantitative estimate of drug-likeness (QED) is 0.139. The Labute approximate surface area is 239 Å². The van der Waals surface area contributed by atoms with E-state index in [1.807, 2.05) is 20.8 Å². The van der Waals surface area contributed by atoms with Crippen molar-refractivity contribution in [3.05, 3.63) is 39.3 Å². The van der Waals surface area contributed by atoms with E-state index in [1.165, 1.54) is 13.2 Å². The Morgan fingerprint density at radius 1 is 1.18 bits per heavy atom. The zero-order chi connectivity index (χ0) is 29.7. The second kappa shape index (κ2) is 12.9. The summed E-state index contributed by atoms with van der Waals surface area (Å²) in [6, 6.07) is 7.08. The molecule has 0 atom stereocenters. The molecular formula is C27H39N3O8SSi. The lowest BCUT2D eigenvalue weighted by atomic mass is 10.1. The van der Waals surface area contributed by atoms with Crippen molar-refractivity contribution in [2.75, 3.05) is 32.1 Å². The fraction of sp³-hybridized carbons (Fsp3) is 0.556. The molecule has 1 aromatic heterocycles. The number of ether oxygens (including phenoxy) is 4. The van der Waals surface area contributed by atoms with E-state index < -0.39 is 24.6 Å². The molecule has 1 amide bonds. The van der Waals surface area contributed by atoms with Crippen molar-refractivity contribution in [3.8, 4) is 11.5 Å². The van der Waals surface area contributed by atoms with Gasteiger partial charge >= 0.3 is 12.1 Å². The molecule has 1 aliphatic heterocycles. The summed E-state index contributed by atoms with van der Waals surface area (Å²) in [6.45, 7) is 13.6. The molecule has 13 heteroatoms. The molecule has 0 saturated carbocycles. The fourth-order valence-corrected chi connectivity index (χ4v) is 5.55. The number of piperidine rings is 1. The topological polar surface area (TPSA) is 129 Å². The van der Waals surface area contributed by atoms with Gasteiger partial charge in [-0.1, -0.05) is 19.6 Å². The van der Waals surface area contributed by atoms with Gasteiger partial charge in [0.25, 0.3) is 5.69 Å². The number of nitrogens with one attached hydrogen (secondary N) is 1. The van der Waals surface area contributed by atoms with Gasteiger partial charge < -0.3 is 29.2 Å². The number of esters is 1. The third-order valence-electron chi connectivity index (χ3n) is 6.00. The van der Waals surface area contributed by atoms with Gasteiger partial charge in [-0.2, -0.15) is 0 Å². The monoisotopic (exact) mass is 593 g/mol. The number of nitrogens with zero attached hydrogens (tertiary/aromatic N) is 2. The van der Waals surface area contributed by atoms with Crippen LogP contribution in [0.4, 0.5) is 21.2 Å². The van der Waals surface area contributed by atoms with E-state index >= 15 is 0 Å². The summed E-state index contributed by atoms with van der Waals surface area (Å²) in [5, 5.41) is 15.3. The Kier molecular flexibility index (Phi) is 10.1. The first kappa shape index (κ1) is 31.2. The van der Waals surface area contributed by atoms with Crippen molar-refractivity contribution >= 4 is 47.8 Å². The van der Waals surface area contributed by atoms with E-state index in [1.54, 1.807) is 23.1 Å². The number of likely N-dealkylation sites (tertiary alicyclic amines) is 1. The molecule has 0 unspecified atom stereocenters. The third kappa shape index (κ3) is 9.12. The summed E-state index contributed by atoms with van der Waals surface area (Å²) < 4.78 is 22.4. The summed E-state index contributed by atoms with van der Waals surface area (Å²) >= 11 is 1.10. The van der Waals surface area contributed by atoms with Crippen LogP contribution in [0.5, 0.6) is 11.5 Å². The van der Waals surface area contributed by atoms with Crippen molar-refractivity contribution < 1.29 is 33.5 Å². The van der Waals surface area contributed by atoms with Gasteiger partial charge in [0.2, 0.25) is 0 Å². The standard InChI is InChI=1S/C27H39N3O8SSi/c1-27(2,3)38-26(32)29-12-10-18(11-13-29)37-19-8-9-21(30(33)34)20(16-19)28-23-17-22(24(39-23)25(31)35-4)36-14-15-40(5,6)7/h8-9,16-18,28H,10-15H2,1-7H3. The first-order chi connectivity index (χ1) is 18.6. The van der Waals surface area contributed by atoms with Crippen LogP contribution in [0.1, 0.15) is 43.3 Å². The maximum atomic E-state index is 12.4. The number of benzene rings is 1. The number of carbonyl (C=O) groups excluding carboxylic acids is 2. The van der Waals surface area contributed by atoms with Crippen LogP contribution < -0.4 is 14.8 Å². The average Bonchev–Trinajstić information content (AvgIpc) is 3.24. The van der Waals surface area contributed by atoms with Gasteiger partial charge in [0.05, 0.1) is 23.6 Å². The average molecular weight is 594 g/mol. The van der Waals surface area contributed by atoms with Gasteiger partial charge in [-0.3, -0.25) is 10.1 Å². The molecule has 40 heavy (non-hydrogen) atoms. The van der Waals surface area contributed by atoms with E-state index in [9.17, 15) is 19.7 Å². The maximum Gasteiger partial charge on any atom is 0.410 e. The molecule has 0 radical (unpaired) electrons. The molecule has 0 aliphatic carbocycles. The number of amides is 1. The Hall–Kier alpha value is -3.32. The van der Waals surface area contributed by atoms with E-state index in [0.29, 0.717) is 49.0 Å². The number of carbonyl (C=O) groups is 2. The van der Waals surface area contributed by atoms with Crippen LogP contribution in [-0.4, -0.2) is 68.5 Å². The number of rotatable bonds is 10. The van der Waals surface area contributed by atoms with E-state index in [4.69, 9.17) is 18.9 Å². The van der Waals surface area contributed by atoms with Gasteiger partial charge in [0.1, 0.15) is 28.9 Å². The van der Waals surface area contributed by atoms with Crippen LogP contribution >= 0.6 is 11.3 Å². The number of nitro groups is 1. The number of methoxy groups -OCH3 is 1. The molecule has 1 aromatic carbocycles. The van der Waals surface area contributed by atoms with Crippen LogP contribution in [0.25, 0.3) is 0 Å². The van der Waals surface area contributed by atoms with Crippen LogP contribution in [0.15, 0.2) is 24.3 Å². The second-order valence-corrected chi connectivity index (χ2v) is 18.5. The van der Waals surface area contributed by atoms with Crippen molar-refractivity contribution in [3.63, 3.8) is 0 Å². The fourth-order valence-electron chi connectivity index (χ4n) is 3.90. The molecule has 11 nitrogen and oxygen atoms in total. The minimum Gasteiger partial charge on any atom is -0.492 e. The van der Waals surface area contributed by atoms with Crippen LogP contribution in [0.2, 0.25) is 25.7 Å². The van der Waals surface area contributed by atoms with Crippen LogP contribution in [0.3, 0.4) is 0 Å². The summed E-state index contributed by atoms with van der Waals surface area (Å²) in [6.07, 6.45) is 0.695. The first-order valence-electron chi connectivity index (χ1n) is 13.2. The van der Waals surface area contributed by atoms with Gasteiger partial charge in [-0.15, -0.1) is 11.3 Å². The molecule has 0 bridgehead atoms. The minimum atomic E-state index is -1.35. The van der Waals surface area contributed by atoms with Crippen LogP contribution in [-0.2, 0) is 9.47 Å². The Balaban J connectivity index is 1.73. The highest BCUT2D eigenvalue weighted by molar-refractivity contribution is 7.18. The third-order valence-corrected chi connectivity index (χ3v) is 8.71. The summed E-state index contributed by atoms with van der Waals surface area (Å²) in [4.78, 5) is 37.9. The number of hydrogen-bond acceptors (Lipinski definition) is 10. The summed E-state index contributed by atoms with van der Waals surface area (Å²) in [7, 11) is -0.0541. The molecule has 3 rings (SSSR count). The highest BCUT2D eigenvalue weighted by Crippen LogP contribution is 2.39. The molecule has 1 fully saturated rings. The number of anilines is 2. The van der Waals surface area contributed by atoms with Gasteiger partial charge in [-0.25, -0.2) is 9.59 Å². The largest absolute Gasteiger partial charge is 0.492 e. The Morgan fingerprint density at radius 3 is 2.42 bits per heavy atom. The minimum absolute atomic E-state index is 0.138.